The topological polar surface area (TPSA) is 106 Å². The van der Waals surface area contributed by atoms with Crippen LogP contribution in [0.5, 0.6) is 0 Å². The lowest BCUT2D eigenvalue weighted by atomic mass is 10.7. The zero-order chi connectivity index (χ0) is 10.7. The zero-order valence-corrected chi connectivity index (χ0v) is 9.21. The minimum atomic E-state index is -3.60. The number of hydrogen-bond acceptors (Lipinski definition) is 6. The highest BCUT2D eigenvalue weighted by atomic mass is 33.2. The summed E-state index contributed by atoms with van der Waals surface area (Å²) in [6, 6.07) is 0. The summed E-state index contributed by atoms with van der Waals surface area (Å²) in [6.07, 6.45) is 0. The van der Waals surface area contributed by atoms with Gasteiger partial charge < -0.3 is 4.74 Å². The lowest BCUT2D eigenvalue weighted by Crippen LogP contribution is -2.35. The Labute approximate surface area is 83.3 Å². The molecule has 7 nitrogen and oxygen atoms in total. The van der Waals surface area contributed by atoms with E-state index < -0.39 is 18.3 Å². The van der Waals surface area contributed by atoms with E-state index >= 15 is 0 Å². The van der Waals surface area contributed by atoms with Gasteiger partial charge in [0.15, 0.2) is 0 Å². The van der Waals surface area contributed by atoms with E-state index in [2.05, 4.69) is 14.9 Å². The highest BCUT2D eigenvalue weighted by molar-refractivity contribution is 8.99. The molecule has 0 fully saturated rings. The minimum absolute atomic E-state index is 0.187. The fraction of sp³-hybridized carbons (Fsp3) is 0.600. The number of nitrogens with two attached hydrogens (primary N) is 1. The van der Waals surface area contributed by atoms with Gasteiger partial charge in [-0.2, -0.15) is 10.2 Å². The molecular formula is C5H12N4O3S2. The molecule has 0 saturated heterocycles. The van der Waals surface area contributed by atoms with Crippen LogP contribution in [-0.2, 0) is 13.8 Å². The molecule has 9 heteroatoms. The molecule has 0 aromatic heterocycles. The Bertz CT molecular complexity index is 338. The minimum Gasteiger partial charge on any atom is -0.383 e. The molecule has 0 aromatic carbocycles. The smallest absolute Gasteiger partial charge is 0.268 e. The van der Waals surface area contributed by atoms with Gasteiger partial charge in [0.2, 0.25) is 0 Å². The number of nitrogens with zero attached hydrogens (tertiary/aromatic N) is 2. The Hall–Kier alpha value is -0.480. The van der Waals surface area contributed by atoms with Crippen LogP contribution in [-0.4, -0.2) is 39.8 Å². The van der Waals surface area contributed by atoms with E-state index in [9.17, 15) is 8.42 Å². The molecule has 0 atom stereocenters. The molecule has 3 N–H and O–H groups in total. The van der Waals surface area contributed by atoms with Crippen molar-refractivity contribution in [3.8, 4) is 0 Å². The standard InChI is InChI=1S/C5H12N4O3S2/c1-12-3-2-9-14(10,11)13(6)4-7-8-5-13/h4-5,9H,2-3,6H2,1H3. The largest absolute Gasteiger partial charge is 0.383 e. The van der Waals surface area contributed by atoms with Crippen LogP contribution in [0.25, 0.3) is 0 Å². The molecule has 14 heavy (non-hydrogen) atoms. The molecule has 1 aliphatic rings. The predicted molar refractivity (Wildman–Crippen MR) is 57.6 cm³/mol. The van der Waals surface area contributed by atoms with Gasteiger partial charge in [0.25, 0.3) is 9.06 Å². The molecule has 0 spiro atoms. The van der Waals surface area contributed by atoms with Crippen LogP contribution in [0.3, 0.4) is 0 Å². The van der Waals surface area contributed by atoms with Gasteiger partial charge in [0.05, 0.1) is 17.7 Å². The third-order valence-electron chi connectivity index (χ3n) is 1.46. The first-order valence-corrected chi connectivity index (χ1v) is 7.50. The molecule has 0 amide bonds. The molecule has 0 radical (unpaired) electrons. The van der Waals surface area contributed by atoms with Gasteiger partial charge in [-0.25, -0.2) is 13.1 Å². The highest BCUT2D eigenvalue weighted by Crippen LogP contribution is 2.42. The van der Waals surface area contributed by atoms with Crippen molar-refractivity contribution in [2.24, 2.45) is 15.3 Å². The van der Waals surface area contributed by atoms with Gasteiger partial charge in [0, 0.05) is 22.9 Å². The van der Waals surface area contributed by atoms with Crippen LogP contribution >= 0.6 is 9.25 Å². The van der Waals surface area contributed by atoms with Gasteiger partial charge in [-0.15, -0.1) is 0 Å². The van der Waals surface area contributed by atoms with Gasteiger partial charge in [0.1, 0.15) is 0 Å². The fourth-order valence-corrected chi connectivity index (χ4v) is 3.71. The van der Waals surface area contributed by atoms with E-state index in [1.165, 1.54) is 7.11 Å². The van der Waals surface area contributed by atoms with Crippen molar-refractivity contribution < 1.29 is 13.2 Å². The van der Waals surface area contributed by atoms with Crippen molar-refractivity contribution in [2.45, 2.75) is 0 Å². The molecular weight excluding hydrogens is 228 g/mol. The van der Waals surface area contributed by atoms with Gasteiger partial charge in [-0.05, 0) is 0 Å². The first-order valence-electron chi connectivity index (χ1n) is 3.68. The maximum atomic E-state index is 11.6. The Morgan fingerprint density at radius 1 is 1.50 bits per heavy atom. The molecule has 0 bridgehead atoms. The van der Waals surface area contributed by atoms with Crippen LogP contribution in [0.15, 0.2) is 10.2 Å². The van der Waals surface area contributed by atoms with Crippen molar-refractivity contribution in [1.82, 2.24) is 4.72 Å². The third-order valence-corrected chi connectivity index (χ3v) is 6.77. The molecule has 0 saturated carbocycles. The monoisotopic (exact) mass is 240 g/mol. The Kier molecular flexibility index (Phi) is 3.61. The van der Waals surface area contributed by atoms with Crippen molar-refractivity contribution in [3.05, 3.63) is 0 Å². The van der Waals surface area contributed by atoms with Crippen LogP contribution < -0.4 is 9.86 Å². The molecule has 1 rings (SSSR count). The van der Waals surface area contributed by atoms with Gasteiger partial charge in [-0.1, -0.05) is 0 Å². The van der Waals surface area contributed by atoms with Crippen molar-refractivity contribution in [3.63, 3.8) is 0 Å². The summed E-state index contributed by atoms with van der Waals surface area (Å²) in [5.74, 6) is 0. The van der Waals surface area contributed by atoms with Crippen molar-refractivity contribution in [2.75, 3.05) is 20.3 Å². The second-order valence-corrected chi connectivity index (χ2v) is 8.54. The summed E-state index contributed by atoms with van der Waals surface area (Å²) in [4.78, 5) is 0. The van der Waals surface area contributed by atoms with E-state index in [-0.39, 0.29) is 6.54 Å². The first kappa shape index (κ1) is 11.6. The highest BCUT2D eigenvalue weighted by Gasteiger charge is 2.33. The first-order chi connectivity index (χ1) is 6.52. The molecule has 82 valence electrons. The lowest BCUT2D eigenvalue weighted by molar-refractivity contribution is 0.204. The second kappa shape index (κ2) is 4.36. The Morgan fingerprint density at radius 3 is 2.57 bits per heavy atom. The maximum absolute atomic E-state index is 11.6. The summed E-state index contributed by atoms with van der Waals surface area (Å²) in [6.45, 7) is 0.482. The number of hydrogen-bond donors (Lipinski definition) is 2. The lowest BCUT2D eigenvalue weighted by Gasteiger charge is -2.22. The summed E-state index contributed by atoms with van der Waals surface area (Å²) >= 11 is 0. The molecule has 1 aliphatic heterocycles. The van der Waals surface area contributed by atoms with Crippen LogP contribution in [0.1, 0.15) is 0 Å². The van der Waals surface area contributed by atoms with E-state index in [0.717, 1.165) is 11.1 Å². The number of rotatable bonds is 5. The second-order valence-electron chi connectivity index (χ2n) is 2.48. The van der Waals surface area contributed by atoms with Crippen LogP contribution in [0.2, 0.25) is 0 Å². The third kappa shape index (κ3) is 2.30. The summed E-state index contributed by atoms with van der Waals surface area (Å²) in [7, 11) is -4.66. The fourth-order valence-electron chi connectivity index (χ4n) is 0.713. The maximum Gasteiger partial charge on any atom is 0.268 e. The Balaban J connectivity index is 2.66. The van der Waals surface area contributed by atoms with Gasteiger partial charge in [-0.3, -0.25) is 5.14 Å². The number of ether oxygens (including phenoxy) is 1. The number of methoxy groups -OCH3 is 1. The van der Waals surface area contributed by atoms with E-state index in [0.29, 0.717) is 6.61 Å². The Morgan fingerprint density at radius 2 is 2.07 bits per heavy atom. The molecule has 0 aliphatic carbocycles. The summed E-state index contributed by atoms with van der Waals surface area (Å²) in [5.41, 5.74) is 2.31. The zero-order valence-electron chi connectivity index (χ0n) is 7.58. The number of nitrogens with one attached hydrogen (secondary N) is 1. The molecule has 0 unspecified atom stereocenters. The predicted octanol–water partition coefficient (Wildman–Crippen LogP) is -0.869. The van der Waals surface area contributed by atoms with Crippen molar-refractivity contribution in [1.29, 1.82) is 0 Å². The molecule has 0 aromatic rings. The summed E-state index contributed by atoms with van der Waals surface area (Å²) in [5, 5.41) is 12.5. The average molecular weight is 240 g/mol. The quantitative estimate of drug-likeness (QED) is 0.481. The average Bonchev–Trinajstić information content (AvgIpc) is 2.54. The van der Waals surface area contributed by atoms with Crippen LogP contribution in [0.4, 0.5) is 0 Å². The van der Waals surface area contributed by atoms with E-state index in [4.69, 9.17) is 9.88 Å². The van der Waals surface area contributed by atoms with Gasteiger partial charge >= 0.3 is 0 Å². The summed E-state index contributed by atoms with van der Waals surface area (Å²) < 4.78 is 30.2. The van der Waals surface area contributed by atoms with E-state index in [1.807, 2.05) is 0 Å². The molecule has 1 heterocycles. The normalized spacial score (nSPS) is 21.3. The van der Waals surface area contributed by atoms with Crippen molar-refractivity contribution >= 4 is 29.4 Å². The van der Waals surface area contributed by atoms with E-state index in [1.54, 1.807) is 0 Å². The SMILES string of the molecule is COCCNS(=O)(=O)S1(N)C=NN=C1. The van der Waals surface area contributed by atoms with Crippen LogP contribution in [0, 0.1) is 0 Å².